The van der Waals surface area contributed by atoms with Crippen LogP contribution in [-0.4, -0.2) is 25.5 Å². The number of hydrogen-bond donors (Lipinski definition) is 3. The van der Waals surface area contributed by atoms with Crippen molar-refractivity contribution in [3.63, 3.8) is 0 Å². The molecule has 2 aromatic rings. The quantitative estimate of drug-likeness (QED) is 0.721. The molecule has 0 aliphatic rings. The molecule has 0 heterocycles. The number of benzene rings is 2. The second-order valence-electron chi connectivity index (χ2n) is 5.31. The Labute approximate surface area is 154 Å². The fraction of sp³-hybridized carbons (Fsp3) is 0.158. The van der Waals surface area contributed by atoms with Crippen LogP contribution in [0.4, 0.5) is 23.7 Å². The van der Waals surface area contributed by atoms with Crippen LogP contribution in [0.3, 0.4) is 0 Å². The third-order valence-corrected chi connectivity index (χ3v) is 3.41. The average Bonchev–Trinajstić information content (AvgIpc) is 2.64. The molecule has 2 rings (SSSR count). The Morgan fingerprint density at radius 1 is 1.07 bits per heavy atom. The molecule has 0 saturated heterocycles. The molecule has 5 nitrogen and oxygen atoms in total. The van der Waals surface area contributed by atoms with Crippen LogP contribution in [0.1, 0.15) is 21.5 Å². The second kappa shape index (κ2) is 8.76. The van der Waals surface area contributed by atoms with E-state index in [1.165, 1.54) is 19.2 Å². The Morgan fingerprint density at radius 3 is 2.52 bits per heavy atom. The van der Waals surface area contributed by atoms with Crippen molar-refractivity contribution < 1.29 is 22.8 Å². The molecule has 8 heteroatoms. The van der Waals surface area contributed by atoms with Crippen molar-refractivity contribution in [3.8, 4) is 11.8 Å². The summed E-state index contributed by atoms with van der Waals surface area (Å²) >= 11 is 0. The van der Waals surface area contributed by atoms with Gasteiger partial charge in [-0.15, -0.1) is 0 Å². The molecule has 0 aliphatic carbocycles. The van der Waals surface area contributed by atoms with E-state index in [0.717, 1.165) is 12.1 Å². The first-order chi connectivity index (χ1) is 12.8. The maximum atomic E-state index is 12.7. The fourth-order valence-corrected chi connectivity index (χ4v) is 2.14. The van der Waals surface area contributed by atoms with Crippen molar-refractivity contribution in [1.82, 2.24) is 10.6 Å². The molecule has 2 aromatic carbocycles. The highest BCUT2D eigenvalue weighted by molar-refractivity contribution is 5.96. The van der Waals surface area contributed by atoms with E-state index < -0.39 is 17.8 Å². The maximum Gasteiger partial charge on any atom is 0.416 e. The van der Waals surface area contributed by atoms with Crippen LogP contribution in [0.2, 0.25) is 0 Å². The van der Waals surface area contributed by atoms with Gasteiger partial charge in [0.1, 0.15) is 0 Å². The van der Waals surface area contributed by atoms with Crippen molar-refractivity contribution >= 4 is 17.6 Å². The minimum atomic E-state index is -4.49. The van der Waals surface area contributed by atoms with Crippen molar-refractivity contribution in [2.24, 2.45) is 0 Å². The van der Waals surface area contributed by atoms with Gasteiger partial charge < -0.3 is 16.0 Å². The van der Waals surface area contributed by atoms with Crippen molar-refractivity contribution in [2.75, 3.05) is 18.9 Å². The zero-order valence-corrected chi connectivity index (χ0v) is 14.3. The lowest BCUT2D eigenvalue weighted by molar-refractivity contribution is -0.137. The van der Waals surface area contributed by atoms with Crippen LogP contribution in [0.25, 0.3) is 0 Å². The highest BCUT2D eigenvalue weighted by atomic mass is 19.4. The summed E-state index contributed by atoms with van der Waals surface area (Å²) in [6.07, 6.45) is -4.49. The van der Waals surface area contributed by atoms with Gasteiger partial charge in [0.25, 0.3) is 5.91 Å². The van der Waals surface area contributed by atoms with Crippen molar-refractivity contribution in [1.29, 1.82) is 0 Å². The van der Waals surface area contributed by atoms with E-state index in [0.29, 0.717) is 11.1 Å². The molecule has 3 amide bonds. The minimum absolute atomic E-state index is 0.0141. The monoisotopic (exact) mass is 375 g/mol. The zero-order chi connectivity index (χ0) is 19.9. The lowest BCUT2D eigenvalue weighted by atomic mass is 10.1. The molecule has 27 heavy (non-hydrogen) atoms. The Balaban J connectivity index is 1.95. The molecule has 0 aliphatic heterocycles. The van der Waals surface area contributed by atoms with Gasteiger partial charge in [0.05, 0.1) is 17.7 Å². The van der Waals surface area contributed by atoms with Crippen LogP contribution < -0.4 is 16.0 Å². The van der Waals surface area contributed by atoms with E-state index in [1.807, 2.05) is 0 Å². The molecule has 0 radical (unpaired) electrons. The number of carbonyl (C=O) groups is 2. The SMILES string of the molecule is CNC(=O)c1ccccc1C#CCNC(=O)Nc1cccc(C(F)(F)F)c1. The molecule has 0 spiro atoms. The Kier molecular flexibility index (Phi) is 6.44. The van der Waals surface area contributed by atoms with Gasteiger partial charge in [-0.1, -0.05) is 30.0 Å². The molecule has 0 fully saturated rings. The van der Waals surface area contributed by atoms with E-state index in [4.69, 9.17) is 0 Å². The molecular weight excluding hydrogens is 359 g/mol. The predicted molar refractivity (Wildman–Crippen MR) is 95.2 cm³/mol. The second-order valence-corrected chi connectivity index (χ2v) is 5.31. The fourth-order valence-electron chi connectivity index (χ4n) is 2.14. The van der Waals surface area contributed by atoms with Crippen LogP contribution >= 0.6 is 0 Å². The van der Waals surface area contributed by atoms with E-state index >= 15 is 0 Å². The molecule has 140 valence electrons. The van der Waals surface area contributed by atoms with Gasteiger partial charge in [-0.2, -0.15) is 13.2 Å². The number of halogens is 3. The first-order valence-corrected chi connectivity index (χ1v) is 7.83. The molecule has 0 atom stereocenters. The average molecular weight is 375 g/mol. The summed E-state index contributed by atoms with van der Waals surface area (Å²) in [5.41, 5.74) is 0.0593. The van der Waals surface area contributed by atoms with E-state index in [1.54, 1.807) is 24.3 Å². The Hall–Kier alpha value is -3.47. The first kappa shape index (κ1) is 19.8. The molecule has 3 N–H and O–H groups in total. The molecular formula is C19H16F3N3O2. The number of alkyl halides is 3. The van der Waals surface area contributed by atoms with Gasteiger partial charge in [0.2, 0.25) is 0 Å². The third-order valence-electron chi connectivity index (χ3n) is 3.41. The van der Waals surface area contributed by atoms with Crippen LogP contribution in [0.5, 0.6) is 0 Å². The minimum Gasteiger partial charge on any atom is -0.355 e. The lowest BCUT2D eigenvalue weighted by Crippen LogP contribution is -2.29. The van der Waals surface area contributed by atoms with Gasteiger partial charge in [0.15, 0.2) is 0 Å². The summed E-state index contributed by atoms with van der Waals surface area (Å²) in [5, 5.41) is 7.23. The smallest absolute Gasteiger partial charge is 0.355 e. The topological polar surface area (TPSA) is 70.2 Å². The normalized spacial score (nSPS) is 10.4. The van der Waals surface area contributed by atoms with Crippen molar-refractivity contribution in [2.45, 2.75) is 6.18 Å². The van der Waals surface area contributed by atoms with Crippen molar-refractivity contribution in [3.05, 3.63) is 65.2 Å². The zero-order valence-electron chi connectivity index (χ0n) is 14.3. The standard InChI is InChI=1S/C19H16F3N3O2/c1-23-17(26)16-10-3-2-6-13(16)7-5-11-24-18(27)25-15-9-4-8-14(12-15)19(20,21)22/h2-4,6,8-10,12H,11H2,1H3,(H,23,26)(H2,24,25,27). The molecule has 0 unspecified atom stereocenters. The summed E-state index contributed by atoms with van der Waals surface area (Å²) in [4.78, 5) is 23.5. The number of carbonyl (C=O) groups excluding carboxylic acids is 2. The Morgan fingerprint density at radius 2 is 1.81 bits per heavy atom. The summed E-state index contributed by atoms with van der Waals surface area (Å²) in [7, 11) is 1.51. The maximum absolute atomic E-state index is 12.7. The Bertz CT molecular complexity index is 899. The number of hydrogen-bond acceptors (Lipinski definition) is 2. The molecule has 0 saturated carbocycles. The van der Waals surface area contributed by atoms with Crippen LogP contribution in [0.15, 0.2) is 48.5 Å². The number of nitrogens with one attached hydrogen (secondary N) is 3. The molecule has 0 bridgehead atoms. The van der Waals surface area contributed by atoms with E-state index in [2.05, 4.69) is 27.8 Å². The van der Waals surface area contributed by atoms with Gasteiger partial charge >= 0.3 is 12.2 Å². The van der Waals surface area contributed by atoms with Gasteiger partial charge in [0, 0.05) is 18.3 Å². The summed E-state index contributed by atoms with van der Waals surface area (Å²) < 4.78 is 38.0. The van der Waals surface area contributed by atoms with Gasteiger partial charge in [-0.05, 0) is 30.3 Å². The highest BCUT2D eigenvalue weighted by Gasteiger charge is 2.30. The third kappa shape index (κ3) is 5.78. The largest absolute Gasteiger partial charge is 0.416 e. The number of amides is 3. The molecule has 0 aromatic heterocycles. The summed E-state index contributed by atoms with van der Waals surface area (Å²) in [6, 6.07) is 10.3. The first-order valence-electron chi connectivity index (χ1n) is 7.83. The number of anilines is 1. The predicted octanol–water partition coefficient (Wildman–Crippen LogP) is 3.24. The van der Waals surface area contributed by atoms with E-state index in [9.17, 15) is 22.8 Å². The summed E-state index contributed by atoms with van der Waals surface area (Å²) in [6.45, 7) is -0.0487. The summed E-state index contributed by atoms with van der Waals surface area (Å²) in [5.74, 6) is 5.18. The lowest BCUT2D eigenvalue weighted by Gasteiger charge is -2.09. The van der Waals surface area contributed by atoms with Crippen LogP contribution in [0, 0.1) is 11.8 Å². The number of rotatable bonds is 3. The highest BCUT2D eigenvalue weighted by Crippen LogP contribution is 2.30. The van der Waals surface area contributed by atoms with Gasteiger partial charge in [-0.3, -0.25) is 4.79 Å². The number of urea groups is 1. The van der Waals surface area contributed by atoms with E-state index in [-0.39, 0.29) is 18.1 Å². The van der Waals surface area contributed by atoms with Crippen LogP contribution in [-0.2, 0) is 6.18 Å². The van der Waals surface area contributed by atoms with Gasteiger partial charge in [-0.25, -0.2) is 4.79 Å².